The SMILES string of the molecule is Cc1ccc(C2CC(c3ccccc3F)=NN2C(=O)CN(C)C(=O)c2cccc(F)c2)cc1. The summed E-state index contributed by atoms with van der Waals surface area (Å²) in [6.07, 6.45) is 0.345. The quantitative estimate of drug-likeness (QED) is 0.568. The summed E-state index contributed by atoms with van der Waals surface area (Å²) < 4.78 is 27.9. The van der Waals surface area contributed by atoms with E-state index in [1.807, 2.05) is 31.2 Å². The Balaban J connectivity index is 1.60. The Labute approximate surface area is 190 Å². The lowest BCUT2D eigenvalue weighted by Crippen LogP contribution is -2.39. The van der Waals surface area contributed by atoms with E-state index in [4.69, 9.17) is 0 Å². The summed E-state index contributed by atoms with van der Waals surface area (Å²) in [5.74, 6) is -1.84. The van der Waals surface area contributed by atoms with Gasteiger partial charge in [-0.2, -0.15) is 5.10 Å². The molecule has 0 saturated heterocycles. The van der Waals surface area contributed by atoms with Crippen LogP contribution in [0.25, 0.3) is 0 Å². The summed E-state index contributed by atoms with van der Waals surface area (Å²) in [7, 11) is 1.48. The monoisotopic (exact) mass is 447 g/mol. The Morgan fingerprint density at radius 3 is 2.45 bits per heavy atom. The van der Waals surface area contributed by atoms with Crippen LogP contribution < -0.4 is 0 Å². The van der Waals surface area contributed by atoms with Crippen molar-refractivity contribution in [2.75, 3.05) is 13.6 Å². The number of hydrazone groups is 1. The Bertz CT molecular complexity index is 1220. The van der Waals surface area contributed by atoms with Crippen LogP contribution >= 0.6 is 0 Å². The number of aryl methyl sites for hydroxylation is 1. The molecule has 1 aliphatic rings. The molecule has 1 heterocycles. The van der Waals surface area contributed by atoms with E-state index < -0.39 is 29.5 Å². The van der Waals surface area contributed by atoms with Gasteiger partial charge in [0.2, 0.25) is 0 Å². The molecule has 1 unspecified atom stereocenters. The molecule has 168 valence electrons. The second kappa shape index (κ2) is 9.32. The summed E-state index contributed by atoms with van der Waals surface area (Å²) in [6, 6.07) is 18.9. The predicted octanol–water partition coefficient (Wildman–Crippen LogP) is 4.72. The van der Waals surface area contributed by atoms with Crippen molar-refractivity contribution >= 4 is 17.5 Å². The molecule has 7 heteroatoms. The molecule has 0 fully saturated rings. The highest BCUT2D eigenvalue weighted by Crippen LogP contribution is 2.33. The first-order chi connectivity index (χ1) is 15.8. The highest BCUT2D eigenvalue weighted by molar-refractivity contribution is 6.04. The van der Waals surface area contributed by atoms with E-state index in [-0.39, 0.29) is 12.1 Å². The first kappa shape index (κ1) is 22.3. The minimum Gasteiger partial charge on any atom is -0.332 e. The molecule has 5 nitrogen and oxygen atoms in total. The van der Waals surface area contributed by atoms with Gasteiger partial charge in [0.25, 0.3) is 11.8 Å². The zero-order chi connectivity index (χ0) is 23.5. The van der Waals surface area contributed by atoms with E-state index in [2.05, 4.69) is 5.10 Å². The van der Waals surface area contributed by atoms with Crippen LogP contribution in [0.2, 0.25) is 0 Å². The fraction of sp³-hybridized carbons (Fsp3) is 0.192. The third kappa shape index (κ3) is 4.82. The van der Waals surface area contributed by atoms with Gasteiger partial charge in [0.15, 0.2) is 0 Å². The lowest BCUT2D eigenvalue weighted by Gasteiger charge is -2.25. The van der Waals surface area contributed by atoms with E-state index in [0.29, 0.717) is 17.7 Å². The average Bonchev–Trinajstić information content (AvgIpc) is 3.24. The lowest BCUT2D eigenvalue weighted by atomic mass is 9.97. The number of carbonyl (C=O) groups is 2. The Hall–Kier alpha value is -3.87. The van der Waals surface area contributed by atoms with Gasteiger partial charge in [0.1, 0.15) is 18.2 Å². The molecule has 1 atom stereocenters. The number of hydrogen-bond acceptors (Lipinski definition) is 3. The molecule has 1 aliphatic heterocycles. The predicted molar refractivity (Wildman–Crippen MR) is 122 cm³/mol. The zero-order valence-electron chi connectivity index (χ0n) is 18.3. The van der Waals surface area contributed by atoms with Crippen LogP contribution in [0.1, 0.15) is 39.5 Å². The van der Waals surface area contributed by atoms with Crippen molar-refractivity contribution in [3.05, 3.63) is 107 Å². The summed E-state index contributed by atoms with van der Waals surface area (Å²) in [4.78, 5) is 27.1. The van der Waals surface area contributed by atoms with Crippen LogP contribution in [0.4, 0.5) is 8.78 Å². The zero-order valence-corrected chi connectivity index (χ0v) is 18.3. The normalized spacial score (nSPS) is 15.3. The molecule has 0 aromatic heterocycles. The molecule has 4 rings (SSSR count). The first-order valence-corrected chi connectivity index (χ1v) is 10.6. The van der Waals surface area contributed by atoms with Crippen molar-refractivity contribution < 1.29 is 18.4 Å². The number of benzene rings is 3. The summed E-state index contributed by atoms with van der Waals surface area (Å²) in [5, 5.41) is 5.78. The van der Waals surface area contributed by atoms with Crippen molar-refractivity contribution in [1.29, 1.82) is 0 Å². The summed E-state index contributed by atoms with van der Waals surface area (Å²) in [6.45, 7) is 1.71. The van der Waals surface area contributed by atoms with E-state index in [1.54, 1.807) is 18.2 Å². The van der Waals surface area contributed by atoms with Gasteiger partial charge in [-0.25, -0.2) is 13.8 Å². The van der Waals surface area contributed by atoms with Gasteiger partial charge < -0.3 is 4.90 Å². The van der Waals surface area contributed by atoms with Gasteiger partial charge in [0.05, 0.1) is 11.8 Å². The second-order valence-corrected chi connectivity index (χ2v) is 8.07. The number of carbonyl (C=O) groups excluding carboxylic acids is 2. The molecule has 0 saturated carbocycles. The third-order valence-electron chi connectivity index (χ3n) is 5.60. The van der Waals surface area contributed by atoms with Gasteiger partial charge in [-0.3, -0.25) is 9.59 Å². The maximum absolute atomic E-state index is 14.4. The molecule has 0 bridgehead atoms. The Morgan fingerprint density at radius 1 is 1.03 bits per heavy atom. The largest absolute Gasteiger partial charge is 0.332 e. The number of amides is 2. The third-order valence-corrected chi connectivity index (χ3v) is 5.60. The van der Waals surface area contributed by atoms with Crippen LogP contribution in [0.5, 0.6) is 0 Å². The van der Waals surface area contributed by atoms with Crippen molar-refractivity contribution in [3.63, 3.8) is 0 Å². The molecule has 2 amide bonds. The lowest BCUT2D eigenvalue weighted by molar-refractivity contribution is -0.133. The molecule has 3 aromatic rings. The minimum atomic E-state index is -0.529. The number of likely N-dealkylation sites (N-methyl/N-ethyl adjacent to an activating group) is 1. The molecule has 3 aromatic carbocycles. The van der Waals surface area contributed by atoms with E-state index >= 15 is 0 Å². The van der Waals surface area contributed by atoms with Crippen LogP contribution in [0.15, 0.2) is 77.9 Å². The van der Waals surface area contributed by atoms with Gasteiger partial charge in [0, 0.05) is 24.6 Å². The number of halogens is 2. The van der Waals surface area contributed by atoms with Crippen LogP contribution in [0, 0.1) is 18.6 Å². The van der Waals surface area contributed by atoms with Gasteiger partial charge in [-0.15, -0.1) is 0 Å². The standard InChI is InChI=1S/C26H23F2N3O2/c1-17-10-12-18(13-11-17)24-15-23(21-8-3-4-9-22(21)28)29-31(24)25(32)16-30(2)26(33)19-6-5-7-20(27)14-19/h3-14,24H,15-16H2,1-2H3. The maximum atomic E-state index is 14.4. The molecule has 0 aliphatic carbocycles. The van der Waals surface area contributed by atoms with E-state index in [1.165, 1.54) is 41.2 Å². The topological polar surface area (TPSA) is 53.0 Å². The number of nitrogens with zero attached hydrogens (tertiary/aromatic N) is 3. The first-order valence-electron chi connectivity index (χ1n) is 10.6. The smallest absolute Gasteiger partial charge is 0.262 e. The number of rotatable bonds is 5. The fourth-order valence-corrected chi connectivity index (χ4v) is 3.84. The minimum absolute atomic E-state index is 0.150. The molecule has 0 N–H and O–H groups in total. The maximum Gasteiger partial charge on any atom is 0.262 e. The van der Waals surface area contributed by atoms with Crippen LogP contribution in [0.3, 0.4) is 0 Å². The van der Waals surface area contributed by atoms with Crippen molar-refractivity contribution in [1.82, 2.24) is 9.91 Å². The Morgan fingerprint density at radius 2 is 1.76 bits per heavy atom. The van der Waals surface area contributed by atoms with Crippen LogP contribution in [-0.4, -0.2) is 41.0 Å². The van der Waals surface area contributed by atoms with Gasteiger partial charge in [-0.05, 0) is 36.8 Å². The second-order valence-electron chi connectivity index (χ2n) is 8.07. The molecule has 33 heavy (non-hydrogen) atoms. The highest BCUT2D eigenvalue weighted by atomic mass is 19.1. The highest BCUT2D eigenvalue weighted by Gasteiger charge is 2.34. The van der Waals surface area contributed by atoms with Crippen LogP contribution in [-0.2, 0) is 4.79 Å². The molecule has 0 radical (unpaired) electrons. The van der Waals surface area contributed by atoms with Crippen molar-refractivity contribution in [2.24, 2.45) is 5.10 Å². The van der Waals surface area contributed by atoms with E-state index in [0.717, 1.165) is 17.2 Å². The number of hydrogen-bond donors (Lipinski definition) is 0. The molecular weight excluding hydrogens is 424 g/mol. The Kier molecular flexibility index (Phi) is 6.31. The molecular formula is C26H23F2N3O2. The van der Waals surface area contributed by atoms with Crippen molar-refractivity contribution in [3.8, 4) is 0 Å². The van der Waals surface area contributed by atoms with Gasteiger partial charge >= 0.3 is 0 Å². The summed E-state index contributed by atoms with van der Waals surface area (Å²) in [5.41, 5.74) is 2.89. The van der Waals surface area contributed by atoms with Crippen molar-refractivity contribution in [2.45, 2.75) is 19.4 Å². The van der Waals surface area contributed by atoms with E-state index in [9.17, 15) is 18.4 Å². The van der Waals surface area contributed by atoms with Gasteiger partial charge in [-0.1, -0.05) is 54.1 Å². The average molecular weight is 447 g/mol. The molecule has 0 spiro atoms. The summed E-state index contributed by atoms with van der Waals surface area (Å²) >= 11 is 0. The fourth-order valence-electron chi connectivity index (χ4n) is 3.84.